The van der Waals surface area contributed by atoms with Gasteiger partial charge in [0.1, 0.15) is 17.5 Å². The second-order valence-electron chi connectivity index (χ2n) is 15.1. The number of amides is 2. The van der Waals surface area contributed by atoms with Gasteiger partial charge in [-0.2, -0.15) is 0 Å². The number of aromatic nitrogens is 1. The predicted octanol–water partition coefficient (Wildman–Crippen LogP) is 5.97. The molecule has 1 aromatic heterocycles. The van der Waals surface area contributed by atoms with E-state index in [-0.39, 0.29) is 17.2 Å². The highest BCUT2D eigenvalue weighted by atomic mass is 16.5. The summed E-state index contributed by atoms with van der Waals surface area (Å²) in [5.41, 5.74) is 4.30. The van der Waals surface area contributed by atoms with E-state index >= 15 is 0 Å². The molecule has 252 valence electrons. The van der Waals surface area contributed by atoms with Crippen LogP contribution in [0.25, 0.3) is 10.9 Å². The molecule has 3 unspecified atom stereocenters. The van der Waals surface area contributed by atoms with Crippen LogP contribution < -0.4 is 9.64 Å². The van der Waals surface area contributed by atoms with Crippen LogP contribution in [0.2, 0.25) is 0 Å². The molecule has 4 fully saturated rings. The first-order chi connectivity index (χ1) is 23.2. The molecule has 5 aliphatic rings. The van der Waals surface area contributed by atoms with E-state index in [0.717, 1.165) is 80.4 Å². The van der Waals surface area contributed by atoms with Gasteiger partial charge in [0.2, 0.25) is 5.91 Å². The minimum Gasteiger partial charge on any atom is -0.495 e. The van der Waals surface area contributed by atoms with Crippen LogP contribution in [0.15, 0.2) is 61.2 Å². The summed E-state index contributed by atoms with van der Waals surface area (Å²) < 4.78 is 5.98. The van der Waals surface area contributed by atoms with E-state index in [2.05, 4.69) is 35.5 Å². The van der Waals surface area contributed by atoms with Gasteiger partial charge in [0.05, 0.1) is 23.9 Å². The average Bonchev–Trinajstić information content (AvgIpc) is 3.73. The van der Waals surface area contributed by atoms with Gasteiger partial charge in [-0.1, -0.05) is 37.3 Å². The highest BCUT2D eigenvalue weighted by Crippen LogP contribution is 2.64. The number of nitrogens with zero attached hydrogens (tertiary/aromatic N) is 4. The van der Waals surface area contributed by atoms with Crippen molar-refractivity contribution in [3.63, 3.8) is 0 Å². The summed E-state index contributed by atoms with van der Waals surface area (Å²) >= 11 is 0. The maximum atomic E-state index is 13.9. The van der Waals surface area contributed by atoms with E-state index in [9.17, 15) is 14.7 Å². The summed E-state index contributed by atoms with van der Waals surface area (Å²) in [6, 6.07) is 15.7. The standard InChI is InChI=1S/C40H48N4O4/c1-4-40(47)18-16-31-29-13-11-27-24-36(48-3)35(25-30(27)28(29)15-17-39(31,40)2)42-20-22-43(23-21-42)38(46)34-10-7-19-44(34)37(45)33-14-12-26-8-5-6-9-32(26)41-33/h4-6,8-9,12,14,24-25,28-29,31,34,47H,1,7,10-11,13,15-23H2,2-3H3/t28?,29?,31?,34-,39-,40-/m0/s1. The number of methoxy groups -OCH3 is 1. The van der Waals surface area contributed by atoms with Gasteiger partial charge in [0.25, 0.3) is 5.91 Å². The maximum Gasteiger partial charge on any atom is 0.273 e. The minimum absolute atomic E-state index is 0.0443. The number of hydrogen-bond acceptors (Lipinski definition) is 6. The molecular formula is C40H48N4O4. The van der Waals surface area contributed by atoms with Gasteiger partial charge >= 0.3 is 0 Å². The highest BCUT2D eigenvalue weighted by Gasteiger charge is 2.60. The Morgan fingerprint density at radius 3 is 2.60 bits per heavy atom. The van der Waals surface area contributed by atoms with Crippen LogP contribution in [0.4, 0.5) is 5.69 Å². The smallest absolute Gasteiger partial charge is 0.273 e. The van der Waals surface area contributed by atoms with Crippen molar-refractivity contribution in [2.24, 2.45) is 17.3 Å². The molecule has 1 N–H and O–H groups in total. The number of para-hydroxylation sites is 1. The molecule has 3 heterocycles. The monoisotopic (exact) mass is 648 g/mol. The molecule has 2 saturated heterocycles. The number of carbonyl (C=O) groups is 2. The summed E-state index contributed by atoms with van der Waals surface area (Å²) in [6.07, 6.45) is 9.50. The number of likely N-dealkylation sites (tertiary alicyclic amines) is 1. The number of fused-ring (bicyclic) bond motifs is 6. The molecule has 8 heteroatoms. The Morgan fingerprint density at radius 2 is 1.81 bits per heavy atom. The SMILES string of the molecule is C=C[C@]1(O)CCC2C3CCc4cc(OC)c(N5CCN(C(=O)[C@@H]6CCCN6C(=O)c6ccc7ccccc7n6)CC5)cc4C3CC[C@@]21C. The maximum absolute atomic E-state index is 13.9. The molecule has 8 nitrogen and oxygen atoms in total. The van der Waals surface area contributed by atoms with Gasteiger partial charge in [-0.15, -0.1) is 6.58 Å². The third-order valence-electron chi connectivity index (χ3n) is 13.1. The van der Waals surface area contributed by atoms with Crippen molar-refractivity contribution < 1.29 is 19.4 Å². The van der Waals surface area contributed by atoms with Crippen LogP contribution in [-0.2, 0) is 11.2 Å². The Hall–Kier alpha value is -3.91. The van der Waals surface area contributed by atoms with Gasteiger partial charge in [-0.25, -0.2) is 4.98 Å². The van der Waals surface area contributed by atoms with Gasteiger partial charge in [0.15, 0.2) is 0 Å². The normalized spacial score (nSPS) is 31.3. The van der Waals surface area contributed by atoms with Gasteiger partial charge in [-0.3, -0.25) is 9.59 Å². The number of carbonyl (C=O) groups excluding carboxylic acids is 2. The number of hydrogen-bond donors (Lipinski definition) is 1. The fraction of sp³-hybridized carbons (Fsp3) is 0.525. The molecule has 0 spiro atoms. The first-order valence-corrected chi connectivity index (χ1v) is 18.0. The lowest BCUT2D eigenvalue weighted by atomic mass is 9.53. The van der Waals surface area contributed by atoms with Crippen molar-refractivity contribution in [3.05, 3.63) is 78.0 Å². The molecule has 3 aromatic rings. The van der Waals surface area contributed by atoms with Crippen molar-refractivity contribution in [1.82, 2.24) is 14.8 Å². The van der Waals surface area contributed by atoms with Crippen LogP contribution in [0.5, 0.6) is 5.75 Å². The van der Waals surface area contributed by atoms with Crippen molar-refractivity contribution >= 4 is 28.4 Å². The van der Waals surface area contributed by atoms with E-state index in [1.807, 2.05) is 41.3 Å². The molecular weight excluding hydrogens is 600 g/mol. The fourth-order valence-corrected chi connectivity index (χ4v) is 10.4. The number of anilines is 1. The Morgan fingerprint density at radius 1 is 1.00 bits per heavy atom. The molecule has 48 heavy (non-hydrogen) atoms. The molecule has 3 aliphatic carbocycles. The van der Waals surface area contributed by atoms with Gasteiger partial charge in [-0.05, 0) is 105 Å². The Kier molecular flexibility index (Phi) is 7.78. The Labute approximate surface area is 283 Å². The zero-order chi connectivity index (χ0) is 33.2. The van der Waals surface area contributed by atoms with Gasteiger partial charge in [0, 0.05) is 43.5 Å². The molecule has 0 bridgehead atoms. The zero-order valence-electron chi connectivity index (χ0n) is 28.4. The number of piperazine rings is 1. The van der Waals surface area contributed by atoms with Crippen molar-refractivity contribution in [1.29, 1.82) is 0 Å². The lowest BCUT2D eigenvalue weighted by molar-refractivity contribution is -0.135. The third kappa shape index (κ3) is 4.85. The number of pyridine rings is 1. The van der Waals surface area contributed by atoms with E-state index in [4.69, 9.17) is 4.74 Å². The van der Waals surface area contributed by atoms with Crippen LogP contribution in [0, 0.1) is 17.3 Å². The lowest BCUT2D eigenvalue weighted by Gasteiger charge is -2.52. The van der Waals surface area contributed by atoms with Crippen LogP contribution in [0.1, 0.15) is 79.4 Å². The summed E-state index contributed by atoms with van der Waals surface area (Å²) in [6.45, 7) is 9.56. The highest BCUT2D eigenvalue weighted by molar-refractivity contribution is 5.98. The van der Waals surface area contributed by atoms with Crippen LogP contribution in [0.3, 0.4) is 0 Å². The predicted molar refractivity (Wildman–Crippen MR) is 187 cm³/mol. The second-order valence-corrected chi connectivity index (χ2v) is 15.1. The third-order valence-corrected chi connectivity index (χ3v) is 13.1. The van der Waals surface area contributed by atoms with E-state index < -0.39 is 11.6 Å². The number of rotatable bonds is 5. The van der Waals surface area contributed by atoms with Gasteiger partial charge < -0.3 is 24.5 Å². The molecule has 2 aromatic carbocycles. The Balaban J connectivity index is 0.970. The Bertz CT molecular complexity index is 1770. The average molecular weight is 649 g/mol. The van der Waals surface area contributed by atoms with Crippen LogP contribution >= 0.6 is 0 Å². The molecule has 2 saturated carbocycles. The van der Waals surface area contributed by atoms with Crippen LogP contribution in [-0.4, -0.2) is 83.2 Å². The first kappa shape index (κ1) is 31.4. The summed E-state index contributed by atoms with van der Waals surface area (Å²) in [5, 5.41) is 12.5. The van der Waals surface area contributed by atoms with Crippen molar-refractivity contribution in [2.75, 3.05) is 44.7 Å². The topological polar surface area (TPSA) is 86.2 Å². The molecule has 2 amide bonds. The first-order valence-electron chi connectivity index (χ1n) is 18.0. The van der Waals surface area contributed by atoms with Crippen molar-refractivity contribution in [3.8, 4) is 5.75 Å². The number of ether oxygens (including phenoxy) is 1. The number of benzene rings is 2. The minimum atomic E-state index is -0.763. The fourth-order valence-electron chi connectivity index (χ4n) is 10.4. The summed E-state index contributed by atoms with van der Waals surface area (Å²) in [5.74, 6) is 2.36. The summed E-state index contributed by atoms with van der Waals surface area (Å²) in [7, 11) is 1.76. The number of aryl methyl sites for hydroxylation is 1. The number of aliphatic hydroxyl groups is 1. The van der Waals surface area contributed by atoms with E-state index in [1.165, 1.54) is 11.1 Å². The molecule has 0 radical (unpaired) electrons. The lowest BCUT2D eigenvalue weighted by Crippen LogP contribution is -2.54. The summed E-state index contributed by atoms with van der Waals surface area (Å²) in [4.78, 5) is 38.2. The second kappa shape index (κ2) is 11.9. The quantitative estimate of drug-likeness (QED) is 0.343. The van der Waals surface area contributed by atoms with E-state index in [1.54, 1.807) is 18.1 Å². The zero-order valence-corrected chi connectivity index (χ0v) is 28.4. The molecule has 2 aliphatic heterocycles. The van der Waals surface area contributed by atoms with E-state index in [0.29, 0.717) is 49.5 Å². The molecule has 6 atom stereocenters. The molecule has 8 rings (SSSR count). The largest absolute Gasteiger partial charge is 0.495 e. The van der Waals surface area contributed by atoms with Crippen molar-refractivity contribution in [2.45, 2.75) is 75.9 Å².